The third-order valence-corrected chi connectivity index (χ3v) is 4.44. The summed E-state index contributed by atoms with van der Waals surface area (Å²) in [5, 5.41) is 0. The van der Waals surface area contributed by atoms with Crippen LogP contribution in [0.3, 0.4) is 0 Å². The van der Waals surface area contributed by atoms with Gasteiger partial charge in [-0.25, -0.2) is 0 Å². The van der Waals surface area contributed by atoms with E-state index in [1.165, 1.54) is 4.90 Å². The third-order valence-electron chi connectivity index (χ3n) is 4.44. The van der Waals surface area contributed by atoms with Crippen LogP contribution >= 0.6 is 0 Å². The number of rotatable bonds is 4. The van der Waals surface area contributed by atoms with E-state index >= 15 is 0 Å². The van der Waals surface area contributed by atoms with E-state index < -0.39 is 0 Å². The maximum atomic E-state index is 12.7. The monoisotopic (exact) mass is 326 g/mol. The van der Waals surface area contributed by atoms with Crippen molar-refractivity contribution < 1.29 is 9.59 Å². The standard InChI is InChI=1S/C22H16NO2/c24-21-18-13-7-8-14-19(18)22(25)23(21)15-20(16-9-3-1-4-10-16)17-11-5-2-6-12-17/h1-15,20H. The van der Waals surface area contributed by atoms with Gasteiger partial charge in [0.25, 0.3) is 11.8 Å². The molecule has 121 valence electrons. The molecule has 3 aromatic carbocycles. The number of imide groups is 1. The highest BCUT2D eigenvalue weighted by atomic mass is 16.2. The Morgan fingerprint density at radius 3 is 1.44 bits per heavy atom. The van der Waals surface area contributed by atoms with Gasteiger partial charge in [-0.15, -0.1) is 0 Å². The van der Waals surface area contributed by atoms with Crippen molar-refractivity contribution in [3.63, 3.8) is 0 Å². The van der Waals surface area contributed by atoms with Crippen LogP contribution in [0.25, 0.3) is 0 Å². The van der Waals surface area contributed by atoms with E-state index in [2.05, 4.69) is 0 Å². The van der Waals surface area contributed by atoms with Gasteiger partial charge in [0.2, 0.25) is 0 Å². The Morgan fingerprint density at radius 1 is 0.600 bits per heavy atom. The highest BCUT2D eigenvalue weighted by molar-refractivity contribution is 6.21. The lowest BCUT2D eigenvalue weighted by atomic mass is 9.91. The lowest BCUT2D eigenvalue weighted by Crippen LogP contribution is -2.30. The first kappa shape index (κ1) is 15.3. The number of hydrogen-bond acceptors (Lipinski definition) is 2. The van der Waals surface area contributed by atoms with Crippen molar-refractivity contribution in [1.82, 2.24) is 4.90 Å². The second-order valence-corrected chi connectivity index (χ2v) is 5.97. The smallest absolute Gasteiger partial charge is 0.261 e. The van der Waals surface area contributed by atoms with Crippen LogP contribution in [0.2, 0.25) is 0 Å². The molecule has 2 amide bonds. The van der Waals surface area contributed by atoms with Gasteiger partial charge >= 0.3 is 0 Å². The Bertz CT molecular complexity index is 845. The third kappa shape index (κ3) is 2.74. The average molecular weight is 326 g/mol. The van der Waals surface area contributed by atoms with Gasteiger partial charge in [-0.1, -0.05) is 72.8 Å². The summed E-state index contributed by atoms with van der Waals surface area (Å²) in [6.45, 7) is 1.73. The Balaban J connectivity index is 1.71. The Hall–Kier alpha value is -3.20. The van der Waals surface area contributed by atoms with E-state index in [1.54, 1.807) is 30.8 Å². The molecular weight excluding hydrogens is 310 g/mol. The van der Waals surface area contributed by atoms with E-state index in [0.717, 1.165) is 11.1 Å². The van der Waals surface area contributed by atoms with E-state index in [4.69, 9.17) is 0 Å². The highest BCUT2D eigenvalue weighted by Crippen LogP contribution is 2.32. The first-order valence-corrected chi connectivity index (χ1v) is 8.17. The summed E-state index contributed by atoms with van der Waals surface area (Å²) in [5.41, 5.74) is 2.99. The maximum Gasteiger partial charge on any atom is 0.261 e. The minimum absolute atomic E-state index is 0.176. The van der Waals surface area contributed by atoms with Crippen LogP contribution in [0.5, 0.6) is 0 Å². The minimum atomic E-state index is -0.266. The molecule has 0 unspecified atom stereocenters. The first-order valence-electron chi connectivity index (χ1n) is 8.17. The van der Waals surface area contributed by atoms with Gasteiger partial charge in [0.1, 0.15) is 0 Å². The second-order valence-electron chi connectivity index (χ2n) is 5.97. The molecule has 0 spiro atoms. The molecule has 25 heavy (non-hydrogen) atoms. The van der Waals surface area contributed by atoms with Crippen LogP contribution in [0.1, 0.15) is 37.8 Å². The molecule has 0 atom stereocenters. The summed E-state index contributed by atoms with van der Waals surface area (Å²) in [6.07, 6.45) is 0. The van der Waals surface area contributed by atoms with Crippen molar-refractivity contribution >= 4 is 11.8 Å². The number of nitrogens with zero attached hydrogens (tertiary/aromatic N) is 1. The molecule has 3 aromatic rings. The highest BCUT2D eigenvalue weighted by Gasteiger charge is 2.37. The number of carbonyl (C=O) groups excluding carboxylic acids is 2. The van der Waals surface area contributed by atoms with Crippen molar-refractivity contribution in [2.24, 2.45) is 0 Å². The normalized spacial score (nSPS) is 13.4. The van der Waals surface area contributed by atoms with Crippen LogP contribution in [0.15, 0.2) is 84.9 Å². The molecule has 0 bridgehead atoms. The lowest BCUT2D eigenvalue weighted by Gasteiger charge is -2.23. The molecule has 3 nitrogen and oxygen atoms in total. The van der Waals surface area contributed by atoms with Crippen molar-refractivity contribution in [2.75, 3.05) is 0 Å². The van der Waals surface area contributed by atoms with Gasteiger partial charge in [-0.2, -0.15) is 0 Å². The van der Waals surface area contributed by atoms with Gasteiger partial charge < -0.3 is 0 Å². The van der Waals surface area contributed by atoms with Crippen molar-refractivity contribution in [3.05, 3.63) is 114 Å². The lowest BCUT2D eigenvalue weighted by molar-refractivity contribution is 0.0690. The van der Waals surface area contributed by atoms with E-state index in [-0.39, 0.29) is 17.7 Å². The van der Waals surface area contributed by atoms with Crippen molar-refractivity contribution in [1.29, 1.82) is 0 Å². The SMILES string of the molecule is O=C1c2ccccc2C(=O)N1[CH]C(c1ccccc1)c1ccccc1. The molecule has 3 heteroatoms. The zero-order valence-corrected chi connectivity index (χ0v) is 13.5. The quantitative estimate of drug-likeness (QED) is 0.671. The average Bonchev–Trinajstić information content (AvgIpc) is 2.92. The molecule has 0 fully saturated rings. The van der Waals surface area contributed by atoms with Gasteiger partial charge in [0.05, 0.1) is 17.7 Å². The molecule has 0 aromatic heterocycles. The Kier molecular flexibility index (Phi) is 3.90. The fraction of sp³-hybridized carbons (Fsp3) is 0.0455. The summed E-state index contributed by atoms with van der Waals surface area (Å²) in [4.78, 5) is 26.6. The first-order chi connectivity index (χ1) is 12.3. The van der Waals surface area contributed by atoms with Crippen LogP contribution in [0.4, 0.5) is 0 Å². The van der Waals surface area contributed by atoms with Gasteiger partial charge in [0.15, 0.2) is 0 Å². The minimum Gasteiger partial charge on any atom is -0.269 e. The van der Waals surface area contributed by atoms with Crippen LogP contribution in [0, 0.1) is 6.54 Å². The van der Waals surface area contributed by atoms with E-state index in [1.807, 2.05) is 60.7 Å². The molecule has 0 N–H and O–H groups in total. The molecule has 4 rings (SSSR count). The van der Waals surface area contributed by atoms with Crippen molar-refractivity contribution in [2.45, 2.75) is 5.92 Å². The van der Waals surface area contributed by atoms with Crippen LogP contribution in [-0.4, -0.2) is 16.7 Å². The summed E-state index contributed by atoms with van der Waals surface area (Å²) in [5.74, 6) is -0.709. The predicted molar refractivity (Wildman–Crippen MR) is 96.0 cm³/mol. The number of amides is 2. The zero-order valence-electron chi connectivity index (χ0n) is 13.5. The van der Waals surface area contributed by atoms with Crippen LogP contribution < -0.4 is 0 Å². The summed E-state index contributed by atoms with van der Waals surface area (Å²) in [7, 11) is 0. The molecule has 1 heterocycles. The number of benzene rings is 3. The number of fused-ring (bicyclic) bond motifs is 1. The molecule has 0 saturated heterocycles. The number of carbonyl (C=O) groups is 2. The Labute approximate surface area is 146 Å². The number of hydrogen-bond donors (Lipinski definition) is 0. The van der Waals surface area contributed by atoms with Gasteiger partial charge in [-0.3, -0.25) is 14.5 Å². The summed E-state index contributed by atoms with van der Waals surface area (Å²) in [6, 6.07) is 26.7. The molecular formula is C22H16NO2. The summed E-state index contributed by atoms with van der Waals surface area (Å²) < 4.78 is 0. The fourth-order valence-corrected chi connectivity index (χ4v) is 3.18. The van der Waals surface area contributed by atoms with Crippen LogP contribution in [-0.2, 0) is 0 Å². The van der Waals surface area contributed by atoms with Gasteiger partial charge in [0, 0.05) is 5.92 Å². The molecule has 1 aliphatic rings. The Morgan fingerprint density at radius 2 is 1.00 bits per heavy atom. The zero-order chi connectivity index (χ0) is 17.2. The topological polar surface area (TPSA) is 37.4 Å². The largest absolute Gasteiger partial charge is 0.269 e. The second kappa shape index (κ2) is 6.36. The fourth-order valence-electron chi connectivity index (χ4n) is 3.18. The predicted octanol–water partition coefficient (Wildman–Crippen LogP) is 4.28. The molecule has 1 aliphatic heterocycles. The molecule has 0 aliphatic carbocycles. The maximum absolute atomic E-state index is 12.7. The molecule has 0 saturated carbocycles. The van der Waals surface area contributed by atoms with E-state index in [9.17, 15) is 9.59 Å². The molecule has 1 radical (unpaired) electrons. The van der Waals surface area contributed by atoms with E-state index in [0.29, 0.717) is 11.1 Å². The van der Waals surface area contributed by atoms with Gasteiger partial charge in [-0.05, 0) is 23.3 Å². The van der Waals surface area contributed by atoms with Crippen molar-refractivity contribution in [3.8, 4) is 0 Å². The summed E-state index contributed by atoms with van der Waals surface area (Å²) >= 11 is 0.